The van der Waals surface area contributed by atoms with E-state index in [1.165, 1.54) is 0 Å². The summed E-state index contributed by atoms with van der Waals surface area (Å²) in [5, 5.41) is 17.9. The maximum absolute atomic E-state index is 5.37. The summed E-state index contributed by atoms with van der Waals surface area (Å²) in [6, 6.07) is 0.376. The van der Waals surface area contributed by atoms with Crippen LogP contribution in [0, 0.1) is 0 Å². The van der Waals surface area contributed by atoms with E-state index in [-0.39, 0.29) is 0 Å². The Balaban J connectivity index is 1.97. The van der Waals surface area contributed by atoms with Gasteiger partial charge in [-0.15, -0.1) is 5.10 Å². The molecule has 86 valence electrons. The maximum Gasteiger partial charge on any atom is 0.320 e. The Morgan fingerprint density at radius 2 is 2.31 bits per heavy atom. The fourth-order valence-corrected chi connectivity index (χ4v) is 1.22. The van der Waals surface area contributed by atoms with Gasteiger partial charge < -0.3 is 15.1 Å². The Morgan fingerprint density at radius 1 is 1.44 bits per heavy atom. The van der Waals surface area contributed by atoms with Gasteiger partial charge >= 0.3 is 6.01 Å². The molecular weight excluding hydrogens is 208 g/mol. The van der Waals surface area contributed by atoms with Crippen molar-refractivity contribution < 1.29 is 4.42 Å². The van der Waals surface area contributed by atoms with Gasteiger partial charge in [-0.25, -0.2) is 0 Å². The Morgan fingerprint density at radius 3 is 3.00 bits per heavy atom. The van der Waals surface area contributed by atoms with E-state index in [9.17, 15) is 0 Å². The minimum Gasteiger partial charge on any atom is -0.406 e. The molecule has 0 aliphatic heterocycles. The summed E-state index contributed by atoms with van der Waals surface area (Å²) < 4.78 is 7.06. The average molecular weight is 222 g/mol. The lowest BCUT2D eigenvalue weighted by atomic mass is 10.6. The molecular formula is C9H14N6O. The van der Waals surface area contributed by atoms with Crippen molar-refractivity contribution in [3.8, 4) is 0 Å². The van der Waals surface area contributed by atoms with Crippen LogP contribution in [-0.4, -0.2) is 26.5 Å². The largest absolute Gasteiger partial charge is 0.406 e. The third kappa shape index (κ3) is 2.57. The second-order valence-electron chi connectivity index (χ2n) is 3.31. The molecule has 0 atom stereocenters. The van der Waals surface area contributed by atoms with E-state index in [1.54, 1.807) is 10.9 Å². The average Bonchev–Trinajstić information content (AvgIpc) is 2.86. The monoisotopic (exact) mass is 222 g/mol. The Kier molecular flexibility index (Phi) is 3.16. The third-order valence-electron chi connectivity index (χ3n) is 1.95. The first-order chi connectivity index (χ1) is 7.78. The molecule has 0 spiro atoms. The van der Waals surface area contributed by atoms with Crippen molar-refractivity contribution in [2.75, 3.05) is 11.9 Å². The van der Waals surface area contributed by atoms with E-state index in [4.69, 9.17) is 4.42 Å². The zero-order chi connectivity index (χ0) is 11.4. The van der Waals surface area contributed by atoms with Gasteiger partial charge in [0.05, 0.1) is 18.4 Å². The van der Waals surface area contributed by atoms with Gasteiger partial charge in [-0.05, 0) is 6.54 Å². The van der Waals surface area contributed by atoms with Crippen molar-refractivity contribution in [3.63, 3.8) is 0 Å². The van der Waals surface area contributed by atoms with Crippen LogP contribution in [0.25, 0.3) is 0 Å². The SMILES string of the molecule is CCNCc1nnc(Nc2cnn(C)c2)o1. The van der Waals surface area contributed by atoms with Crippen molar-refractivity contribution in [3.05, 3.63) is 18.3 Å². The number of nitrogens with one attached hydrogen (secondary N) is 2. The number of hydrogen-bond acceptors (Lipinski definition) is 6. The van der Waals surface area contributed by atoms with Crippen LogP contribution in [0.2, 0.25) is 0 Å². The van der Waals surface area contributed by atoms with E-state index in [0.717, 1.165) is 12.2 Å². The fraction of sp³-hybridized carbons (Fsp3) is 0.444. The fourth-order valence-electron chi connectivity index (χ4n) is 1.22. The summed E-state index contributed by atoms with van der Waals surface area (Å²) in [5.74, 6) is 0.563. The predicted molar refractivity (Wildman–Crippen MR) is 58.2 cm³/mol. The van der Waals surface area contributed by atoms with Gasteiger partial charge in [0, 0.05) is 13.2 Å². The van der Waals surface area contributed by atoms with Gasteiger partial charge in [-0.2, -0.15) is 5.10 Å². The van der Waals surface area contributed by atoms with Gasteiger partial charge in [-0.3, -0.25) is 4.68 Å². The minimum absolute atomic E-state index is 0.376. The number of aromatic nitrogens is 4. The summed E-state index contributed by atoms with van der Waals surface area (Å²) in [5.41, 5.74) is 0.821. The normalized spacial score (nSPS) is 10.6. The van der Waals surface area contributed by atoms with Crippen LogP contribution >= 0.6 is 0 Å². The molecule has 0 fully saturated rings. The molecule has 2 N–H and O–H groups in total. The highest BCUT2D eigenvalue weighted by atomic mass is 16.4. The highest BCUT2D eigenvalue weighted by Crippen LogP contribution is 2.13. The number of nitrogens with zero attached hydrogens (tertiary/aromatic N) is 4. The number of hydrogen-bond donors (Lipinski definition) is 2. The van der Waals surface area contributed by atoms with Gasteiger partial charge in [0.25, 0.3) is 0 Å². The van der Waals surface area contributed by atoms with Gasteiger partial charge in [0.1, 0.15) is 0 Å². The molecule has 7 heteroatoms. The Bertz CT molecular complexity index is 448. The van der Waals surface area contributed by atoms with Crippen LogP contribution in [0.3, 0.4) is 0 Å². The van der Waals surface area contributed by atoms with Crippen molar-refractivity contribution >= 4 is 11.7 Å². The second-order valence-corrected chi connectivity index (χ2v) is 3.31. The molecule has 2 rings (SSSR count). The summed E-state index contributed by atoms with van der Waals surface area (Å²) in [4.78, 5) is 0. The Labute approximate surface area is 92.9 Å². The van der Waals surface area contributed by atoms with E-state index in [2.05, 4.69) is 25.9 Å². The standard InChI is InChI=1S/C9H14N6O/c1-3-10-5-8-13-14-9(16-8)12-7-4-11-15(2)6-7/h4,6,10H,3,5H2,1-2H3,(H,12,14). The highest BCUT2D eigenvalue weighted by molar-refractivity contribution is 5.48. The third-order valence-corrected chi connectivity index (χ3v) is 1.95. The van der Waals surface area contributed by atoms with Crippen LogP contribution in [-0.2, 0) is 13.6 Å². The molecule has 0 saturated heterocycles. The molecule has 0 radical (unpaired) electrons. The number of anilines is 2. The van der Waals surface area contributed by atoms with E-state index < -0.39 is 0 Å². The lowest BCUT2D eigenvalue weighted by Crippen LogP contribution is -2.11. The second kappa shape index (κ2) is 4.75. The van der Waals surface area contributed by atoms with E-state index in [0.29, 0.717) is 18.5 Å². The first-order valence-electron chi connectivity index (χ1n) is 5.06. The minimum atomic E-state index is 0.376. The molecule has 16 heavy (non-hydrogen) atoms. The lowest BCUT2D eigenvalue weighted by Gasteiger charge is -1.95. The van der Waals surface area contributed by atoms with Crippen LogP contribution in [0.4, 0.5) is 11.7 Å². The first kappa shape index (κ1) is 10.6. The molecule has 0 aliphatic carbocycles. The molecule has 0 saturated carbocycles. The maximum atomic E-state index is 5.37. The van der Waals surface area contributed by atoms with Crippen molar-refractivity contribution in [2.24, 2.45) is 7.05 Å². The summed E-state index contributed by atoms with van der Waals surface area (Å²) in [6.07, 6.45) is 3.52. The van der Waals surface area contributed by atoms with E-state index >= 15 is 0 Å². The highest BCUT2D eigenvalue weighted by Gasteiger charge is 2.06. The summed E-state index contributed by atoms with van der Waals surface area (Å²) >= 11 is 0. The van der Waals surface area contributed by atoms with Crippen LogP contribution in [0.1, 0.15) is 12.8 Å². The predicted octanol–water partition coefficient (Wildman–Crippen LogP) is 0.656. The zero-order valence-electron chi connectivity index (χ0n) is 9.27. The summed E-state index contributed by atoms with van der Waals surface area (Å²) in [6.45, 7) is 3.47. The van der Waals surface area contributed by atoms with Crippen LogP contribution < -0.4 is 10.6 Å². The molecule has 0 amide bonds. The van der Waals surface area contributed by atoms with Crippen molar-refractivity contribution in [1.82, 2.24) is 25.3 Å². The smallest absolute Gasteiger partial charge is 0.320 e. The molecule has 7 nitrogen and oxygen atoms in total. The molecule has 2 aromatic heterocycles. The molecule has 0 bridgehead atoms. The zero-order valence-corrected chi connectivity index (χ0v) is 9.27. The lowest BCUT2D eigenvalue weighted by molar-refractivity contribution is 0.484. The van der Waals surface area contributed by atoms with E-state index in [1.807, 2.05) is 20.2 Å². The van der Waals surface area contributed by atoms with Crippen molar-refractivity contribution in [1.29, 1.82) is 0 Å². The summed E-state index contributed by atoms with van der Waals surface area (Å²) in [7, 11) is 1.84. The number of rotatable bonds is 5. The molecule has 0 aromatic carbocycles. The molecule has 0 aliphatic rings. The Hall–Kier alpha value is -1.89. The van der Waals surface area contributed by atoms with Gasteiger partial charge in [-0.1, -0.05) is 12.0 Å². The quantitative estimate of drug-likeness (QED) is 0.773. The molecule has 2 heterocycles. The number of aryl methyl sites for hydroxylation is 1. The van der Waals surface area contributed by atoms with Crippen molar-refractivity contribution in [2.45, 2.75) is 13.5 Å². The van der Waals surface area contributed by atoms with Crippen LogP contribution in [0.5, 0.6) is 0 Å². The first-order valence-corrected chi connectivity index (χ1v) is 5.06. The molecule has 0 unspecified atom stereocenters. The van der Waals surface area contributed by atoms with Gasteiger partial charge in [0.2, 0.25) is 5.89 Å². The van der Waals surface area contributed by atoms with Crippen LogP contribution in [0.15, 0.2) is 16.8 Å². The molecule has 2 aromatic rings. The topological polar surface area (TPSA) is 80.8 Å². The van der Waals surface area contributed by atoms with Gasteiger partial charge in [0.15, 0.2) is 0 Å².